The van der Waals surface area contributed by atoms with Crippen LogP contribution in [-0.4, -0.2) is 38.2 Å². The van der Waals surface area contributed by atoms with Gasteiger partial charge in [0.05, 0.1) is 17.1 Å². The van der Waals surface area contributed by atoms with E-state index in [2.05, 4.69) is 0 Å². The third-order valence-corrected chi connectivity index (χ3v) is 5.09. The summed E-state index contributed by atoms with van der Waals surface area (Å²) in [6.45, 7) is 8.12. The number of rotatable bonds is 5. The molecule has 1 atom stereocenters. The molecule has 25 heavy (non-hydrogen) atoms. The van der Waals surface area contributed by atoms with Gasteiger partial charge in [-0.2, -0.15) is 8.42 Å². The number of carbonyl (C=O) groups excluding carboxylic acids is 1. The van der Waals surface area contributed by atoms with Crippen LogP contribution in [0.4, 0.5) is 0 Å². The number of piperidine rings is 1. The number of allylic oxidation sites excluding steroid dienone is 1. The van der Waals surface area contributed by atoms with Gasteiger partial charge in [0.1, 0.15) is 11.6 Å². The fourth-order valence-corrected chi connectivity index (χ4v) is 3.51. The molecule has 1 saturated heterocycles. The zero-order valence-electron chi connectivity index (χ0n) is 15.1. The van der Waals surface area contributed by atoms with Crippen LogP contribution in [0, 0.1) is 12.8 Å². The highest BCUT2D eigenvalue weighted by molar-refractivity contribution is 7.86. The second-order valence-corrected chi connectivity index (χ2v) is 8.88. The molecule has 1 aliphatic rings. The lowest BCUT2D eigenvalue weighted by Crippen LogP contribution is -2.39. The van der Waals surface area contributed by atoms with Crippen LogP contribution in [-0.2, 0) is 23.9 Å². The largest absolute Gasteiger partial charge is 0.296 e. The lowest BCUT2D eigenvalue weighted by atomic mass is 9.97. The van der Waals surface area contributed by atoms with Gasteiger partial charge in [-0.3, -0.25) is 9.02 Å². The van der Waals surface area contributed by atoms with Crippen LogP contribution in [0.25, 0.3) is 0 Å². The molecule has 2 rings (SSSR count). The van der Waals surface area contributed by atoms with Crippen LogP contribution in [0.3, 0.4) is 0 Å². The third-order valence-electron chi connectivity index (χ3n) is 3.79. The summed E-state index contributed by atoms with van der Waals surface area (Å²) in [5.41, 5.74) is 0.952. The Morgan fingerprint density at radius 1 is 1.24 bits per heavy atom. The Hall–Kier alpha value is -1.66. The first-order chi connectivity index (χ1) is 11.6. The van der Waals surface area contributed by atoms with Crippen LogP contribution >= 0.6 is 0 Å². The molecule has 0 aromatic heterocycles. The zero-order valence-corrected chi connectivity index (χ0v) is 15.9. The van der Waals surface area contributed by atoms with Crippen molar-refractivity contribution in [1.29, 1.82) is 0 Å². The molecular weight excluding hydrogens is 342 g/mol. The minimum Gasteiger partial charge on any atom is -0.267 e. The first-order valence-electron chi connectivity index (χ1n) is 8.27. The predicted octanol–water partition coefficient (Wildman–Crippen LogP) is 2.86. The molecule has 0 saturated carbocycles. The lowest BCUT2D eigenvalue weighted by molar-refractivity contribution is -0.216. The van der Waals surface area contributed by atoms with E-state index in [1.807, 2.05) is 33.6 Å². The smallest absolute Gasteiger partial charge is 0.267 e. The van der Waals surface area contributed by atoms with Crippen LogP contribution in [0.2, 0.25) is 0 Å². The van der Waals surface area contributed by atoms with Gasteiger partial charge in [0.25, 0.3) is 10.1 Å². The van der Waals surface area contributed by atoms with Crippen molar-refractivity contribution in [2.24, 2.45) is 5.92 Å². The Bertz CT molecular complexity index is 743. The van der Waals surface area contributed by atoms with Crippen LogP contribution in [0.1, 0.15) is 39.2 Å². The number of hydroxylamine groups is 2. The highest BCUT2D eigenvalue weighted by atomic mass is 32.2. The molecule has 1 aromatic rings. The van der Waals surface area contributed by atoms with E-state index < -0.39 is 15.7 Å². The summed E-state index contributed by atoms with van der Waals surface area (Å²) >= 11 is 0. The maximum atomic E-state index is 12.2. The normalized spacial score (nSPS) is 19.0. The number of aryl methyl sites for hydroxylation is 1. The number of nitrogens with zero attached hydrogens (tertiary/aromatic N) is 1. The predicted molar refractivity (Wildman–Crippen MR) is 93.8 cm³/mol. The lowest BCUT2D eigenvalue weighted by Gasteiger charge is -2.36. The van der Waals surface area contributed by atoms with E-state index in [0.717, 1.165) is 5.56 Å². The fourth-order valence-electron chi connectivity index (χ4n) is 2.54. The molecule has 1 heterocycles. The van der Waals surface area contributed by atoms with Gasteiger partial charge in [0.15, 0.2) is 0 Å². The highest BCUT2D eigenvalue weighted by Crippen LogP contribution is 2.28. The van der Waals surface area contributed by atoms with Crippen molar-refractivity contribution in [2.75, 3.05) is 13.2 Å². The molecule has 1 aromatic carbocycles. The average Bonchev–Trinajstić information content (AvgIpc) is 2.53. The monoisotopic (exact) mass is 367 g/mol. The van der Waals surface area contributed by atoms with Gasteiger partial charge in [-0.25, -0.2) is 9.86 Å². The molecule has 0 N–H and O–H groups in total. The SMILES string of the molecule is Cc1ccc(S(=O)(=O)OCC2CCN(OC(C)(C)C)C(=C=O)C2)cc1. The van der Waals surface area contributed by atoms with E-state index >= 15 is 0 Å². The molecule has 0 aliphatic carbocycles. The van der Waals surface area contributed by atoms with E-state index in [9.17, 15) is 13.2 Å². The van der Waals surface area contributed by atoms with E-state index in [1.165, 1.54) is 12.1 Å². The van der Waals surface area contributed by atoms with Gasteiger partial charge in [0, 0.05) is 13.0 Å². The number of hydrogen-bond acceptors (Lipinski definition) is 6. The second kappa shape index (κ2) is 7.70. The molecule has 0 spiro atoms. The minimum absolute atomic E-state index is 0.0325. The van der Waals surface area contributed by atoms with Crippen molar-refractivity contribution in [1.82, 2.24) is 5.06 Å². The van der Waals surface area contributed by atoms with Crippen LogP contribution in [0.15, 0.2) is 34.9 Å². The summed E-state index contributed by atoms with van der Waals surface area (Å²) in [6, 6.07) is 6.51. The van der Waals surface area contributed by atoms with Gasteiger partial charge in [-0.05, 0) is 52.2 Å². The summed E-state index contributed by atoms with van der Waals surface area (Å²) in [5.74, 6) is 1.83. The van der Waals surface area contributed by atoms with Gasteiger partial charge in [-0.1, -0.05) is 17.7 Å². The topological polar surface area (TPSA) is 72.9 Å². The molecule has 6 nitrogen and oxygen atoms in total. The van der Waals surface area contributed by atoms with Gasteiger partial charge in [-0.15, -0.1) is 0 Å². The Labute approximate surface area is 149 Å². The quantitative estimate of drug-likeness (QED) is 0.589. The Kier molecular flexibility index (Phi) is 6.06. The molecule has 0 radical (unpaired) electrons. The van der Waals surface area contributed by atoms with Gasteiger partial charge >= 0.3 is 0 Å². The Morgan fingerprint density at radius 2 is 1.88 bits per heavy atom. The van der Waals surface area contributed by atoms with E-state index in [-0.39, 0.29) is 17.4 Å². The van der Waals surface area contributed by atoms with E-state index in [1.54, 1.807) is 17.2 Å². The second-order valence-electron chi connectivity index (χ2n) is 7.27. The summed E-state index contributed by atoms with van der Waals surface area (Å²) in [7, 11) is -3.80. The van der Waals surface area contributed by atoms with Crippen molar-refractivity contribution in [2.45, 2.75) is 51.0 Å². The molecule has 1 fully saturated rings. The molecule has 0 amide bonds. The Morgan fingerprint density at radius 3 is 2.44 bits per heavy atom. The first kappa shape index (κ1) is 19.7. The molecule has 1 aliphatic heterocycles. The summed E-state index contributed by atoms with van der Waals surface area (Å²) in [5, 5.41) is 1.55. The van der Waals surface area contributed by atoms with Crippen molar-refractivity contribution in [3.63, 3.8) is 0 Å². The van der Waals surface area contributed by atoms with Crippen molar-refractivity contribution < 1.29 is 22.2 Å². The van der Waals surface area contributed by atoms with Gasteiger partial charge < -0.3 is 0 Å². The van der Waals surface area contributed by atoms with Crippen molar-refractivity contribution >= 4 is 16.1 Å². The molecular formula is C18H25NO5S. The van der Waals surface area contributed by atoms with E-state index in [0.29, 0.717) is 25.1 Å². The average molecular weight is 367 g/mol. The first-order valence-corrected chi connectivity index (χ1v) is 9.68. The third kappa shape index (κ3) is 5.68. The fraction of sp³-hybridized carbons (Fsp3) is 0.556. The maximum Gasteiger partial charge on any atom is 0.296 e. The molecule has 0 bridgehead atoms. The summed E-state index contributed by atoms with van der Waals surface area (Å²) in [4.78, 5) is 17.1. The van der Waals surface area contributed by atoms with Crippen molar-refractivity contribution in [3.05, 3.63) is 35.5 Å². The number of benzene rings is 1. The minimum atomic E-state index is -3.80. The molecule has 7 heteroatoms. The summed E-state index contributed by atoms with van der Waals surface area (Å²) < 4.78 is 29.7. The van der Waals surface area contributed by atoms with Crippen molar-refractivity contribution in [3.8, 4) is 0 Å². The van der Waals surface area contributed by atoms with Gasteiger partial charge in [0.2, 0.25) is 0 Å². The van der Waals surface area contributed by atoms with E-state index in [4.69, 9.17) is 9.02 Å². The molecule has 138 valence electrons. The number of hydrogen-bond donors (Lipinski definition) is 0. The summed E-state index contributed by atoms with van der Waals surface area (Å²) in [6.07, 6.45) is 1.05. The Balaban J connectivity index is 1.96. The highest BCUT2D eigenvalue weighted by Gasteiger charge is 2.29. The van der Waals surface area contributed by atoms with Crippen LogP contribution in [0.5, 0.6) is 0 Å². The zero-order chi connectivity index (χ0) is 18.7. The molecule has 1 unspecified atom stereocenters. The standard InChI is InChI=1S/C18H25NO5S/c1-14-5-7-17(8-6-14)25(21,22)23-13-15-9-10-19(16(11-15)12-20)24-18(2,3)4/h5-8,15H,9-11,13H2,1-4H3. The maximum absolute atomic E-state index is 12.2. The van der Waals surface area contributed by atoms with Crippen LogP contribution < -0.4 is 0 Å².